The van der Waals surface area contributed by atoms with Crippen molar-refractivity contribution in [3.63, 3.8) is 0 Å². The van der Waals surface area contributed by atoms with Gasteiger partial charge in [-0.05, 0) is 19.1 Å². The van der Waals surface area contributed by atoms with Crippen LogP contribution in [0, 0.1) is 11.3 Å². The zero-order valence-corrected chi connectivity index (χ0v) is 10.9. The van der Waals surface area contributed by atoms with Gasteiger partial charge in [0.05, 0.1) is 6.61 Å². The predicted molar refractivity (Wildman–Crippen MR) is 67.1 cm³/mol. The Kier molecular flexibility index (Phi) is 5.60. The highest BCUT2D eigenvalue weighted by Gasteiger charge is 2.31. The van der Waals surface area contributed by atoms with Crippen LogP contribution in [0.3, 0.4) is 0 Å². The molecule has 0 radical (unpaired) electrons. The lowest BCUT2D eigenvalue weighted by molar-refractivity contribution is -0.274. The average Bonchev–Trinajstić information content (AvgIpc) is 2.38. The van der Waals surface area contributed by atoms with E-state index in [2.05, 4.69) is 14.8 Å². The highest BCUT2D eigenvalue weighted by Crippen LogP contribution is 2.25. The van der Waals surface area contributed by atoms with E-state index in [-0.39, 0.29) is 17.9 Å². The van der Waals surface area contributed by atoms with Crippen LogP contribution in [-0.4, -0.2) is 18.9 Å². The number of carbonyl (C=O) groups is 1. The number of hydrogen-bond donors (Lipinski definition) is 1. The topological polar surface area (TPSA) is 71.4 Å². The van der Waals surface area contributed by atoms with Gasteiger partial charge in [0.2, 0.25) is 0 Å². The number of anilines is 1. The summed E-state index contributed by atoms with van der Waals surface area (Å²) in [7, 11) is 0. The third-order valence-electron chi connectivity index (χ3n) is 2.07. The van der Waals surface area contributed by atoms with Crippen LogP contribution in [0.5, 0.6) is 5.75 Å². The second-order valence-corrected chi connectivity index (χ2v) is 3.61. The smallest absolute Gasteiger partial charge is 0.462 e. The predicted octanol–water partition coefficient (Wildman–Crippen LogP) is 2.97. The van der Waals surface area contributed by atoms with Crippen molar-refractivity contribution in [3.8, 4) is 11.8 Å². The summed E-state index contributed by atoms with van der Waals surface area (Å²) < 4.78 is 44.6. The van der Waals surface area contributed by atoms with Crippen LogP contribution in [0.25, 0.3) is 0 Å². The number of benzene rings is 1. The van der Waals surface area contributed by atoms with Crippen LogP contribution in [0.15, 0.2) is 36.0 Å². The van der Waals surface area contributed by atoms with Crippen LogP contribution in [0.2, 0.25) is 0 Å². The van der Waals surface area contributed by atoms with E-state index in [1.165, 1.54) is 12.1 Å². The van der Waals surface area contributed by atoms with Gasteiger partial charge in [0.15, 0.2) is 5.57 Å². The van der Waals surface area contributed by atoms with E-state index >= 15 is 0 Å². The molecule has 0 fully saturated rings. The fourth-order valence-electron chi connectivity index (χ4n) is 1.28. The van der Waals surface area contributed by atoms with Crippen molar-refractivity contribution in [3.05, 3.63) is 36.0 Å². The molecule has 112 valence electrons. The normalized spacial score (nSPS) is 11.5. The maximum atomic E-state index is 12.1. The number of hydrogen-bond acceptors (Lipinski definition) is 5. The van der Waals surface area contributed by atoms with E-state index in [0.29, 0.717) is 0 Å². The molecule has 5 nitrogen and oxygen atoms in total. The SMILES string of the molecule is CCOC(=O)/C(C#N)=C/Nc1cccc(OC(F)(F)F)c1. The molecule has 0 saturated heterocycles. The zero-order chi connectivity index (χ0) is 15.9. The van der Waals surface area contributed by atoms with Gasteiger partial charge in [0.1, 0.15) is 11.8 Å². The molecule has 0 aromatic heterocycles. The molecule has 1 N–H and O–H groups in total. The van der Waals surface area contributed by atoms with E-state index in [9.17, 15) is 18.0 Å². The number of carbonyl (C=O) groups excluding carboxylic acids is 1. The maximum Gasteiger partial charge on any atom is 0.573 e. The maximum absolute atomic E-state index is 12.1. The Balaban J connectivity index is 2.81. The minimum atomic E-state index is -4.79. The van der Waals surface area contributed by atoms with E-state index in [1.54, 1.807) is 13.0 Å². The molecule has 0 atom stereocenters. The highest BCUT2D eigenvalue weighted by atomic mass is 19.4. The van der Waals surface area contributed by atoms with E-state index < -0.39 is 18.1 Å². The van der Waals surface area contributed by atoms with Gasteiger partial charge in [0, 0.05) is 18.0 Å². The number of ether oxygens (including phenoxy) is 2. The van der Waals surface area contributed by atoms with Crippen LogP contribution in [0.4, 0.5) is 18.9 Å². The van der Waals surface area contributed by atoms with Crippen LogP contribution >= 0.6 is 0 Å². The first-order valence-corrected chi connectivity index (χ1v) is 5.75. The molecule has 0 heterocycles. The van der Waals surface area contributed by atoms with E-state index in [4.69, 9.17) is 5.26 Å². The van der Waals surface area contributed by atoms with Crippen molar-refractivity contribution in [2.75, 3.05) is 11.9 Å². The first kappa shape index (κ1) is 16.4. The Labute approximate surface area is 118 Å². The number of esters is 1. The average molecular weight is 300 g/mol. The Morgan fingerprint density at radius 1 is 1.48 bits per heavy atom. The Bertz CT molecular complexity index is 577. The molecule has 0 spiro atoms. The molecule has 1 rings (SSSR count). The summed E-state index contributed by atoms with van der Waals surface area (Å²) in [6, 6.07) is 6.59. The number of nitrogens with zero attached hydrogens (tertiary/aromatic N) is 1. The minimum absolute atomic E-state index is 0.104. The van der Waals surface area contributed by atoms with Crippen molar-refractivity contribution in [1.82, 2.24) is 0 Å². The van der Waals surface area contributed by atoms with Gasteiger partial charge >= 0.3 is 12.3 Å². The number of nitriles is 1. The van der Waals surface area contributed by atoms with Crippen molar-refractivity contribution in [2.45, 2.75) is 13.3 Å². The van der Waals surface area contributed by atoms with Crippen molar-refractivity contribution >= 4 is 11.7 Å². The molecule has 1 aromatic rings. The Morgan fingerprint density at radius 2 is 2.19 bits per heavy atom. The Hall–Kier alpha value is -2.69. The van der Waals surface area contributed by atoms with Gasteiger partial charge in [-0.3, -0.25) is 0 Å². The van der Waals surface area contributed by atoms with Gasteiger partial charge in [-0.1, -0.05) is 6.07 Å². The molecule has 0 amide bonds. The van der Waals surface area contributed by atoms with Gasteiger partial charge in [0.25, 0.3) is 0 Å². The molecular weight excluding hydrogens is 289 g/mol. The van der Waals surface area contributed by atoms with E-state index in [0.717, 1.165) is 18.3 Å². The minimum Gasteiger partial charge on any atom is -0.462 e. The standard InChI is InChI=1S/C13H11F3N2O3/c1-2-20-12(19)9(7-17)8-18-10-4-3-5-11(6-10)21-13(14,15)16/h3-6,8,18H,2H2,1H3/b9-8+. The second-order valence-electron chi connectivity index (χ2n) is 3.61. The number of rotatable bonds is 5. The molecule has 8 heteroatoms. The van der Waals surface area contributed by atoms with E-state index in [1.807, 2.05) is 0 Å². The van der Waals surface area contributed by atoms with Gasteiger partial charge in [-0.2, -0.15) is 5.26 Å². The molecule has 21 heavy (non-hydrogen) atoms. The van der Waals surface area contributed by atoms with Crippen molar-refractivity contribution < 1.29 is 27.4 Å². The quantitative estimate of drug-likeness (QED) is 0.514. The van der Waals surface area contributed by atoms with Gasteiger partial charge in [-0.15, -0.1) is 13.2 Å². The monoisotopic (exact) mass is 300 g/mol. The first-order chi connectivity index (χ1) is 9.85. The molecular formula is C13H11F3N2O3. The molecule has 0 bridgehead atoms. The molecule has 0 aliphatic heterocycles. The van der Waals surface area contributed by atoms with Gasteiger partial charge in [-0.25, -0.2) is 4.79 Å². The van der Waals surface area contributed by atoms with Crippen molar-refractivity contribution in [2.24, 2.45) is 0 Å². The largest absolute Gasteiger partial charge is 0.573 e. The lowest BCUT2D eigenvalue weighted by Gasteiger charge is -2.10. The molecule has 0 aliphatic carbocycles. The summed E-state index contributed by atoms with van der Waals surface area (Å²) in [6.07, 6.45) is -3.75. The summed E-state index contributed by atoms with van der Waals surface area (Å²) in [5, 5.41) is 11.3. The number of nitrogens with one attached hydrogen (secondary N) is 1. The summed E-state index contributed by atoms with van der Waals surface area (Å²) in [6.45, 7) is 1.69. The number of halogens is 3. The van der Waals surface area contributed by atoms with Crippen LogP contribution < -0.4 is 10.1 Å². The lowest BCUT2D eigenvalue weighted by atomic mass is 10.3. The Morgan fingerprint density at radius 3 is 2.76 bits per heavy atom. The second kappa shape index (κ2) is 7.19. The fraction of sp³-hybridized carbons (Fsp3) is 0.231. The summed E-state index contributed by atoms with van der Waals surface area (Å²) >= 11 is 0. The molecule has 0 unspecified atom stereocenters. The fourth-order valence-corrected chi connectivity index (χ4v) is 1.28. The zero-order valence-electron chi connectivity index (χ0n) is 10.9. The molecule has 0 aliphatic rings. The third-order valence-corrected chi connectivity index (χ3v) is 2.07. The van der Waals surface area contributed by atoms with Gasteiger partial charge < -0.3 is 14.8 Å². The van der Waals surface area contributed by atoms with Crippen LogP contribution in [0.1, 0.15) is 6.92 Å². The molecule has 0 saturated carbocycles. The number of alkyl halides is 3. The van der Waals surface area contributed by atoms with Crippen molar-refractivity contribution in [1.29, 1.82) is 5.26 Å². The van der Waals surface area contributed by atoms with Crippen LogP contribution in [-0.2, 0) is 9.53 Å². The molecule has 1 aromatic carbocycles. The third kappa shape index (κ3) is 5.86. The summed E-state index contributed by atoms with van der Waals surface area (Å²) in [4.78, 5) is 11.3. The summed E-state index contributed by atoms with van der Waals surface area (Å²) in [5.41, 5.74) is -0.0900. The first-order valence-electron chi connectivity index (χ1n) is 5.75. The summed E-state index contributed by atoms with van der Waals surface area (Å²) in [5.74, 6) is -1.24. The highest BCUT2D eigenvalue weighted by molar-refractivity contribution is 5.93. The lowest BCUT2D eigenvalue weighted by Crippen LogP contribution is -2.17.